The minimum atomic E-state index is -4.41. The lowest BCUT2D eigenvalue weighted by Crippen LogP contribution is -2.36. The van der Waals surface area contributed by atoms with Crippen LogP contribution in [0.15, 0.2) is 29.5 Å². The van der Waals surface area contributed by atoms with Crippen LogP contribution in [0.3, 0.4) is 0 Å². The third-order valence-corrected chi connectivity index (χ3v) is 4.13. The maximum atomic E-state index is 12.4. The van der Waals surface area contributed by atoms with E-state index in [1.54, 1.807) is 12.3 Å². The van der Waals surface area contributed by atoms with Gasteiger partial charge in [0.2, 0.25) is 0 Å². The molecule has 2 N–H and O–H groups in total. The number of H-pyrrole nitrogens is 1. The number of fused-ring (bicyclic) bond motifs is 1. The first kappa shape index (κ1) is 15.6. The second kappa shape index (κ2) is 5.75. The van der Waals surface area contributed by atoms with Gasteiger partial charge in [-0.05, 0) is 24.3 Å². The van der Waals surface area contributed by atoms with Crippen molar-refractivity contribution in [3.05, 3.63) is 35.8 Å². The highest BCUT2D eigenvalue weighted by molar-refractivity contribution is 5.93. The highest BCUT2D eigenvalue weighted by Gasteiger charge is 2.34. The van der Waals surface area contributed by atoms with Crippen molar-refractivity contribution in [2.45, 2.75) is 18.5 Å². The van der Waals surface area contributed by atoms with Crippen LogP contribution in [0, 0.1) is 5.92 Å². The molecule has 0 spiro atoms. The zero-order valence-corrected chi connectivity index (χ0v) is 12.5. The van der Waals surface area contributed by atoms with E-state index >= 15 is 0 Å². The molecule has 3 heterocycles. The second-order valence-electron chi connectivity index (χ2n) is 5.81. The quantitative estimate of drug-likeness (QED) is 0.895. The first-order valence-corrected chi connectivity index (χ1v) is 7.33. The normalized spacial score (nSPS) is 23.2. The lowest BCUT2D eigenvalue weighted by atomic mass is 9.83. The average Bonchev–Trinajstić information content (AvgIpc) is 3.13. The van der Waals surface area contributed by atoms with E-state index in [4.69, 9.17) is 0 Å². The summed E-state index contributed by atoms with van der Waals surface area (Å²) in [6.45, 7) is -0.511. The van der Waals surface area contributed by atoms with Gasteiger partial charge < -0.3 is 15.2 Å². The van der Waals surface area contributed by atoms with E-state index in [2.05, 4.69) is 15.3 Å². The number of hydrogen-bond donors (Lipinski definition) is 2. The lowest BCUT2D eigenvalue weighted by Gasteiger charge is -2.25. The number of aromatic amines is 1. The Morgan fingerprint density at radius 2 is 2.26 bits per heavy atom. The highest BCUT2D eigenvalue weighted by Crippen LogP contribution is 2.34. The fourth-order valence-electron chi connectivity index (χ4n) is 3.07. The van der Waals surface area contributed by atoms with E-state index < -0.39 is 18.6 Å². The fourth-order valence-corrected chi connectivity index (χ4v) is 3.07. The van der Waals surface area contributed by atoms with Crippen LogP contribution in [0.5, 0.6) is 0 Å². The zero-order valence-electron chi connectivity index (χ0n) is 12.5. The number of amides is 1. The molecule has 0 aliphatic carbocycles. The summed E-state index contributed by atoms with van der Waals surface area (Å²) in [7, 11) is 1.14. The zero-order chi connectivity index (χ0) is 16.6. The number of alkyl halides is 3. The summed E-state index contributed by atoms with van der Waals surface area (Å²) in [5, 5.41) is 3.11. The number of halogens is 3. The van der Waals surface area contributed by atoms with Gasteiger partial charge >= 0.3 is 6.18 Å². The number of aliphatic imine (C=N–C) groups is 1. The van der Waals surface area contributed by atoms with Gasteiger partial charge in [0.15, 0.2) is 0 Å². The Morgan fingerprint density at radius 3 is 3.00 bits per heavy atom. The molecule has 2 unspecified atom stereocenters. The minimum Gasteiger partial charge on any atom is -0.357 e. The first-order valence-electron chi connectivity index (χ1n) is 7.33. The maximum Gasteiger partial charge on any atom is 0.406 e. The number of amidine groups is 1. The molecule has 124 valence electrons. The van der Waals surface area contributed by atoms with Crippen LogP contribution in [0.1, 0.15) is 28.4 Å². The van der Waals surface area contributed by atoms with Crippen molar-refractivity contribution in [2.75, 3.05) is 20.1 Å². The van der Waals surface area contributed by atoms with Crippen LogP contribution in [-0.4, -0.2) is 47.9 Å². The summed E-state index contributed by atoms with van der Waals surface area (Å²) < 4.78 is 37.2. The van der Waals surface area contributed by atoms with Gasteiger partial charge in [-0.2, -0.15) is 13.2 Å². The summed E-state index contributed by atoms with van der Waals surface area (Å²) in [5.74, 6) is 0.558. The van der Waals surface area contributed by atoms with Crippen molar-refractivity contribution in [3.8, 4) is 0 Å². The third kappa shape index (κ3) is 3.25. The van der Waals surface area contributed by atoms with Crippen molar-refractivity contribution in [2.24, 2.45) is 10.9 Å². The van der Waals surface area contributed by atoms with Crippen LogP contribution in [0.25, 0.3) is 0 Å². The largest absolute Gasteiger partial charge is 0.406 e. The number of nitrogens with one attached hydrogen (secondary N) is 2. The van der Waals surface area contributed by atoms with E-state index in [9.17, 15) is 18.0 Å². The number of rotatable bonds is 3. The summed E-state index contributed by atoms with van der Waals surface area (Å²) in [6, 6.07) is 1.63. The number of aromatic nitrogens is 1. The van der Waals surface area contributed by atoms with Gasteiger partial charge in [0, 0.05) is 31.6 Å². The van der Waals surface area contributed by atoms with Gasteiger partial charge in [0.05, 0.1) is 0 Å². The summed E-state index contributed by atoms with van der Waals surface area (Å²) >= 11 is 0. The van der Waals surface area contributed by atoms with E-state index in [0.29, 0.717) is 4.90 Å². The maximum absolute atomic E-state index is 12.4. The molecule has 8 heteroatoms. The number of allylic oxidation sites excluding steroid dienone is 1. The Morgan fingerprint density at radius 1 is 1.48 bits per heavy atom. The molecule has 3 rings (SSSR count). The highest BCUT2D eigenvalue weighted by atomic mass is 19.4. The fraction of sp³-hybridized carbons (Fsp3) is 0.467. The number of carbonyl (C=O) groups is 1. The molecule has 0 saturated carbocycles. The van der Waals surface area contributed by atoms with Crippen LogP contribution < -0.4 is 5.32 Å². The van der Waals surface area contributed by atoms with Crippen molar-refractivity contribution >= 4 is 11.7 Å². The molecule has 0 radical (unpaired) electrons. The molecule has 23 heavy (non-hydrogen) atoms. The molecule has 5 nitrogen and oxygen atoms in total. The predicted molar refractivity (Wildman–Crippen MR) is 79.2 cm³/mol. The topological polar surface area (TPSA) is 60.5 Å². The van der Waals surface area contributed by atoms with Crippen molar-refractivity contribution in [1.82, 2.24) is 15.2 Å². The number of nitrogens with zero attached hydrogens (tertiary/aromatic N) is 2. The van der Waals surface area contributed by atoms with Gasteiger partial charge in [-0.15, -0.1) is 0 Å². The minimum absolute atomic E-state index is 0.0724. The number of carbonyl (C=O) groups excluding carboxylic acids is 1. The molecule has 0 fully saturated rings. The average molecular weight is 326 g/mol. The third-order valence-electron chi connectivity index (χ3n) is 4.13. The van der Waals surface area contributed by atoms with Gasteiger partial charge in [-0.3, -0.25) is 9.79 Å². The van der Waals surface area contributed by atoms with E-state index in [1.807, 2.05) is 12.3 Å². The van der Waals surface area contributed by atoms with Crippen LogP contribution in [-0.2, 0) is 0 Å². The molecule has 0 saturated heterocycles. The van der Waals surface area contributed by atoms with Crippen molar-refractivity contribution in [1.29, 1.82) is 0 Å². The van der Waals surface area contributed by atoms with E-state index in [0.717, 1.165) is 31.4 Å². The Balaban J connectivity index is 1.75. The summed E-state index contributed by atoms with van der Waals surface area (Å²) in [6.07, 6.45) is 2.00. The van der Waals surface area contributed by atoms with Crippen LogP contribution in [0.4, 0.5) is 13.2 Å². The Hall–Kier alpha value is -2.25. The van der Waals surface area contributed by atoms with Crippen LogP contribution >= 0.6 is 0 Å². The molecule has 1 amide bonds. The molecular formula is C15H17F3N4O. The Kier molecular flexibility index (Phi) is 3.91. The molecule has 0 bridgehead atoms. The van der Waals surface area contributed by atoms with Crippen molar-refractivity contribution < 1.29 is 18.0 Å². The van der Waals surface area contributed by atoms with Gasteiger partial charge in [0.1, 0.15) is 18.1 Å². The molecule has 0 aromatic carbocycles. The Labute approximate surface area is 131 Å². The van der Waals surface area contributed by atoms with Gasteiger partial charge in [0.25, 0.3) is 5.91 Å². The number of hydrogen-bond acceptors (Lipinski definition) is 3. The standard InChI is InChI=1S/C15H17F3N4O/c1-22(8-15(16,17)18)14(23)12-6-9(7-21-12)10-2-4-19-13-11(10)3-5-20-13/h2,4,6-7,10-11,21H,3,5,8H2,1H3,(H,19,20). The molecule has 2 atom stereocenters. The van der Waals surface area contributed by atoms with Gasteiger partial charge in [-0.25, -0.2) is 0 Å². The van der Waals surface area contributed by atoms with Crippen LogP contribution in [0.2, 0.25) is 0 Å². The van der Waals surface area contributed by atoms with E-state index in [-0.39, 0.29) is 17.5 Å². The second-order valence-corrected chi connectivity index (χ2v) is 5.81. The van der Waals surface area contributed by atoms with E-state index in [1.165, 1.54) is 0 Å². The first-order chi connectivity index (χ1) is 10.8. The monoisotopic (exact) mass is 326 g/mol. The predicted octanol–water partition coefficient (Wildman–Crippen LogP) is 2.27. The Bertz CT molecular complexity index is 662. The molecular weight excluding hydrogens is 309 g/mol. The van der Waals surface area contributed by atoms with Gasteiger partial charge in [-0.1, -0.05) is 6.08 Å². The smallest absolute Gasteiger partial charge is 0.357 e. The molecule has 2 aliphatic heterocycles. The molecule has 1 aromatic rings. The molecule has 1 aromatic heterocycles. The molecule has 2 aliphatic rings. The summed E-state index contributed by atoms with van der Waals surface area (Å²) in [5.41, 5.74) is 1.04. The van der Waals surface area contributed by atoms with Crippen molar-refractivity contribution in [3.63, 3.8) is 0 Å². The SMILES string of the molecule is CN(CC(F)(F)F)C(=O)c1cc(C2C=CNC3=NCCC32)c[nH]1. The summed E-state index contributed by atoms with van der Waals surface area (Å²) in [4.78, 5) is 19.9. The lowest BCUT2D eigenvalue weighted by molar-refractivity contribution is -0.138.